The fourth-order valence-corrected chi connectivity index (χ4v) is 9.21. The largest absolute Gasteiger partial charge is 0.519 e. The SMILES string of the molecule is Cc1oc(=O)oc1COC(=O)CN1CCC(C2CCN(C(=O)[C@@H](Cc3cc(Cl)c(N)c(C(F)(F)F)c3)OC(=O)N3CCC(N4CCc5ccccc5NC4=O)CC3)CC2)CC1. The summed E-state index contributed by atoms with van der Waals surface area (Å²) in [4.78, 5) is 71.6. The molecule has 3 saturated heterocycles. The fraction of sp³-hybridized carbons (Fsp3) is 0.548. The van der Waals surface area contributed by atoms with E-state index in [1.165, 1.54) is 11.0 Å². The molecule has 0 radical (unpaired) electrons. The third kappa shape index (κ3) is 10.6. The van der Waals surface area contributed by atoms with Crippen LogP contribution in [0.1, 0.15) is 66.7 Å². The van der Waals surface area contributed by atoms with Gasteiger partial charge in [0.2, 0.25) is 0 Å². The number of ether oxygens (including phenoxy) is 2. The van der Waals surface area contributed by atoms with E-state index in [-0.39, 0.29) is 66.8 Å². The topological polar surface area (TPSA) is 181 Å². The molecule has 5 heterocycles. The highest BCUT2D eigenvalue weighted by Gasteiger charge is 2.39. The third-order valence-corrected chi connectivity index (χ3v) is 12.8. The predicted molar refractivity (Wildman–Crippen MR) is 216 cm³/mol. The number of nitrogens with two attached hydrogens (primary N) is 1. The van der Waals surface area contributed by atoms with E-state index in [4.69, 9.17) is 35.6 Å². The van der Waals surface area contributed by atoms with Gasteiger partial charge >= 0.3 is 30.1 Å². The molecule has 19 heteroatoms. The van der Waals surface area contributed by atoms with Gasteiger partial charge in [0.15, 0.2) is 24.2 Å². The average molecular weight is 875 g/mol. The first-order valence-electron chi connectivity index (χ1n) is 20.6. The number of aryl methyl sites for hydroxylation is 1. The van der Waals surface area contributed by atoms with E-state index in [1.54, 1.807) is 16.7 Å². The molecule has 330 valence electrons. The van der Waals surface area contributed by atoms with Crippen LogP contribution in [0, 0.1) is 18.8 Å². The maximum absolute atomic E-state index is 14.2. The number of hydrogen-bond donors (Lipinski definition) is 2. The normalized spacial score (nSPS) is 19.2. The van der Waals surface area contributed by atoms with Gasteiger partial charge < -0.3 is 44.1 Å². The number of benzene rings is 2. The molecule has 1 aromatic heterocycles. The number of fused-ring (bicyclic) bond motifs is 1. The summed E-state index contributed by atoms with van der Waals surface area (Å²) in [6.45, 7) is 4.57. The van der Waals surface area contributed by atoms with E-state index < -0.39 is 47.3 Å². The van der Waals surface area contributed by atoms with Gasteiger partial charge in [-0.25, -0.2) is 14.4 Å². The van der Waals surface area contributed by atoms with Crippen molar-refractivity contribution in [1.82, 2.24) is 19.6 Å². The van der Waals surface area contributed by atoms with Gasteiger partial charge in [-0.2, -0.15) is 13.2 Å². The van der Waals surface area contributed by atoms with Crippen LogP contribution in [0.5, 0.6) is 0 Å². The molecule has 0 unspecified atom stereocenters. The zero-order valence-electron chi connectivity index (χ0n) is 33.8. The van der Waals surface area contributed by atoms with Crippen LogP contribution in [0.3, 0.4) is 0 Å². The van der Waals surface area contributed by atoms with Gasteiger partial charge in [0, 0.05) is 50.9 Å². The first-order valence-corrected chi connectivity index (χ1v) is 21.0. The maximum atomic E-state index is 14.2. The number of nitrogens with one attached hydrogen (secondary N) is 1. The van der Waals surface area contributed by atoms with Crippen LogP contribution in [-0.4, -0.2) is 108 Å². The number of rotatable bonds is 10. The second-order valence-electron chi connectivity index (χ2n) is 16.2. The van der Waals surface area contributed by atoms with E-state index in [0.717, 1.165) is 30.2 Å². The summed E-state index contributed by atoms with van der Waals surface area (Å²) in [6.07, 6.45) is -2.68. The quantitative estimate of drug-likeness (QED) is 0.178. The van der Waals surface area contributed by atoms with E-state index in [1.807, 2.05) is 29.2 Å². The summed E-state index contributed by atoms with van der Waals surface area (Å²) in [6, 6.07) is 9.39. The van der Waals surface area contributed by atoms with Crippen LogP contribution in [0.25, 0.3) is 0 Å². The summed E-state index contributed by atoms with van der Waals surface area (Å²) in [5.74, 6) is -0.725. The molecule has 3 N–H and O–H groups in total. The van der Waals surface area contributed by atoms with E-state index in [9.17, 15) is 37.1 Å². The molecule has 61 heavy (non-hydrogen) atoms. The molecule has 4 aliphatic rings. The maximum Gasteiger partial charge on any atom is 0.519 e. The van der Waals surface area contributed by atoms with Crippen LogP contribution in [0.15, 0.2) is 50.0 Å². The van der Waals surface area contributed by atoms with Crippen molar-refractivity contribution in [1.29, 1.82) is 0 Å². The minimum absolute atomic E-state index is 0.0401. The molecule has 0 bridgehead atoms. The Morgan fingerprint density at radius 2 is 1.57 bits per heavy atom. The Morgan fingerprint density at radius 1 is 0.918 bits per heavy atom. The predicted octanol–water partition coefficient (Wildman–Crippen LogP) is 6.09. The van der Waals surface area contributed by atoms with Gasteiger partial charge in [-0.05, 0) is 106 Å². The van der Waals surface area contributed by atoms with Gasteiger partial charge in [-0.15, -0.1) is 0 Å². The van der Waals surface area contributed by atoms with Gasteiger partial charge in [0.25, 0.3) is 5.91 Å². The molecule has 0 spiro atoms. The Labute approximate surface area is 355 Å². The summed E-state index contributed by atoms with van der Waals surface area (Å²) in [5.41, 5.74) is 5.77. The Balaban J connectivity index is 0.942. The number of para-hydroxylation sites is 1. The van der Waals surface area contributed by atoms with Gasteiger partial charge in [-0.1, -0.05) is 29.8 Å². The molecule has 7 rings (SSSR count). The number of piperidine rings is 3. The van der Waals surface area contributed by atoms with Crippen molar-refractivity contribution in [3.05, 3.63) is 80.2 Å². The molecule has 4 aliphatic heterocycles. The molecular formula is C42H50ClF3N6O9. The molecule has 4 amide bonds. The number of urea groups is 1. The monoisotopic (exact) mass is 874 g/mol. The first kappa shape index (κ1) is 43.8. The molecule has 3 aromatic rings. The average Bonchev–Trinajstić information content (AvgIpc) is 3.46. The number of carbonyl (C=O) groups is 4. The van der Waals surface area contributed by atoms with Crippen LogP contribution >= 0.6 is 11.6 Å². The molecule has 3 fully saturated rings. The minimum Gasteiger partial charge on any atom is -0.456 e. The van der Waals surface area contributed by atoms with Crippen molar-refractivity contribution in [2.75, 3.05) is 63.4 Å². The van der Waals surface area contributed by atoms with E-state index in [2.05, 4.69) is 5.32 Å². The highest BCUT2D eigenvalue weighted by atomic mass is 35.5. The van der Waals surface area contributed by atoms with Gasteiger partial charge in [0.05, 0.1) is 22.8 Å². The van der Waals surface area contributed by atoms with Crippen molar-refractivity contribution >= 4 is 47.0 Å². The lowest BCUT2D eigenvalue weighted by molar-refractivity contribution is -0.147. The number of halogens is 4. The Hall–Kier alpha value is -5.23. The highest BCUT2D eigenvalue weighted by molar-refractivity contribution is 6.33. The van der Waals surface area contributed by atoms with Crippen molar-refractivity contribution < 1.29 is 50.7 Å². The molecule has 0 aliphatic carbocycles. The van der Waals surface area contributed by atoms with Crippen molar-refractivity contribution in [3.63, 3.8) is 0 Å². The van der Waals surface area contributed by atoms with E-state index in [0.29, 0.717) is 76.7 Å². The van der Waals surface area contributed by atoms with Crippen LogP contribution in [-0.2, 0) is 44.7 Å². The number of hydrogen-bond acceptors (Lipinski definition) is 11. The number of anilines is 2. The number of carbonyl (C=O) groups excluding carboxylic acids is 4. The summed E-state index contributed by atoms with van der Waals surface area (Å²) < 4.78 is 62.6. The summed E-state index contributed by atoms with van der Waals surface area (Å²) >= 11 is 6.14. The second kappa shape index (κ2) is 18.8. The van der Waals surface area contributed by atoms with Crippen molar-refractivity contribution in [3.8, 4) is 0 Å². The van der Waals surface area contributed by atoms with Crippen molar-refractivity contribution in [2.45, 2.75) is 83.2 Å². The first-order chi connectivity index (χ1) is 29.1. The lowest BCUT2D eigenvalue weighted by Gasteiger charge is -2.41. The number of nitrogens with zero attached hydrogens (tertiary/aromatic N) is 4. The summed E-state index contributed by atoms with van der Waals surface area (Å²) in [7, 11) is 0. The Bertz CT molecular complexity index is 2140. The number of amides is 4. The lowest BCUT2D eigenvalue weighted by Crippen LogP contribution is -2.52. The Morgan fingerprint density at radius 3 is 2.23 bits per heavy atom. The van der Waals surface area contributed by atoms with Gasteiger partial charge in [-0.3, -0.25) is 14.5 Å². The van der Waals surface area contributed by atoms with Gasteiger partial charge in [0.1, 0.15) is 0 Å². The summed E-state index contributed by atoms with van der Waals surface area (Å²) in [5, 5.41) is 2.65. The number of likely N-dealkylation sites (tertiary alicyclic amines) is 3. The zero-order valence-corrected chi connectivity index (χ0v) is 34.6. The second-order valence-corrected chi connectivity index (χ2v) is 16.6. The lowest BCUT2D eigenvalue weighted by atomic mass is 9.78. The smallest absolute Gasteiger partial charge is 0.456 e. The van der Waals surface area contributed by atoms with Crippen LogP contribution < -0.4 is 16.9 Å². The number of nitrogen functional groups attached to an aromatic ring is 1. The molecule has 0 saturated carbocycles. The minimum atomic E-state index is -4.81. The standard InChI is InChI=1S/C42H50ClF3N6O9/c1-25-35(61-41(57)59-25)24-58-36(53)23-49-13-6-27(7-14-49)28-8-15-50(16-9-28)38(54)34(22-26-20-31(42(44,45)46)37(47)32(43)21-26)60-40(56)51-17-11-30(12-18-51)52-19-10-29-4-2-3-5-33(29)48-39(52)55/h2-5,20-21,27-28,30,34H,6-19,22-24,47H2,1H3,(H,48,55)/t34-/m1/s1. The van der Waals surface area contributed by atoms with E-state index >= 15 is 0 Å². The van der Waals surface area contributed by atoms with Crippen LogP contribution in [0.4, 0.5) is 34.1 Å². The third-order valence-electron chi connectivity index (χ3n) is 12.4. The zero-order chi connectivity index (χ0) is 43.4. The molecular weight excluding hydrogens is 825 g/mol. The molecule has 2 aromatic carbocycles. The van der Waals surface area contributed by atoms with Crippen LogP contribution in [0.2, 0.25) is 5.02 Å². The van der Waals surface area contributed by atoms with Crippen molar-refractivity contribution in [2.24, 2.45) is 11.8 Å². The highest BCUT2D eigenvalue weighted by Crippen LogP contribution is 2.39. The molecule has 15 nitrogen and oxygen atoms in total. The molecule has 1 atom stereocenters. The number of esters is 1. The Kier molecular flexibility index (Phi) is 13.5. The fourth-order valence-electron chi connectivity index (χ4n) is 8.97. The number of alkyl halides is 3.